The zero-order chi connectivity index (χ0) is 28.7. The van der Waals surface area contributed by atoms with Gasteiger partial charge in [0, 0.05) is 15.8 Å². The van der Waals surface area contributed by atoms with Gasteiger partial charge in [0.25, 0.3) is 0 Å². The predicted octanol–water partition coefficient (Wildman–Crippen LogP) is 5.64. The molecule has 208 valence electrons. The third kappa shape index (κ3) is 5.18. The second kappa shape index (κ2) is 11.2. The first-order chi connectivity index (χ1) is 19.8. The second-order valence-corrected chi connectivity index (χ2v) is 12.1. The van der Waals surface area contributed by atoms with Crippen LogP contribution in [0.15, 0.2) is 82.6 Å². The van der Waals surface area contributed by atoms with E-state index in [0.717, 1.165) is 27.3 Å². The molecule has 3 atom stereocenters. The molecule has 1 aromatic heterocycles. The summed E-state index contributed by atoms with van der Waals surface area (Å²) in [5, 5.41) is 0.522. The summed E-state index contributed by atoms with van der Waals surface area (Å²) in [7, 11) is 0. The topological polar surface area (TPSA) is 106 Å². The van der Waals surface area contributed by atoms with E-state index in [2.05, 4.69) is 4.98 Å². The van der Waals surface area contributed by atoms with Gasteiger partial charge in [0.1, 0.15) is 17.6 Å². The monoisotopic (exact) mass is 606 g/mol. The summed E-state index contributed by atoms with van der Waals surface area (Å²) in [6.45, 7) is 2.30. The van der Waals surface area contributed by atoms with E-state index in [4.69, 9.17) is 21.1 Å². The van der Waals surface area contributed by atoms with Gasteiger partial charge in [-0.05, 0) is 66.6 Å². The van der Waals surface area contributed by atoms with Gasteiger partial charge in [-0.15, -0.1) is 0 Å². The Kier molecular flexibility index (Phi) is 7.46. The zero-order valence-electron chi connectivity index (χ0n) is 21.7. The van der Waals surface area contributed by atoms with Crippen LogP contribution in [-0.2, 0) is 20.9 Å². The van der Waals surface area contributed by atoms with E-state index < -0.39 is 23.1 Å². The van der Waals surface area contributed by atoms with E-state index >= 15 is 0 Å². The van der Waals surface area contributed by atoms with E-state index in [0.29, 0.717) is 33.7 Å². The highest BCUT2D eigenvalue weighted by molar-refractivity contribution is 8.00. The quantitative estimate of drug-likeness (QED) is 0.214. The zero-order valence-corrected chi connectivity index (χ0v) is 24.1. The van der Waals surface area contributed by atoms with Crippen LogP contribution in [0.2, 0.25) is 5.02 Å². The average Bonchev–Trinajstić information content (AvgIpc) is 3.46. The smallest absolute Gasteiger partial charge is 0.338 e. The molecule has 0 saturated carbocycles. The number of ether oxygens (including phenoxy) is 2. The van der Waals surface area contributed by atoms with Crippen molar-refractivity contribution in [3.8, 4) is 5.75 Å². The Morgan fingerprint density at radius 2 is 1.76 bits per heavy atom. The van der Waals surface area contributed by atoms with Crippen molar-refractivity contribution in [2.45, 2.75) is 29.7 Å². The number of halogens is 1. The Bertz CT molecular complexity index is 1700. The number of imide groups is 1. The molecule has 41 heavy (non-hydrogen) atoms. The standard InChI is InChI=1S/C30H23ClN2O6S2/c1-2-38-29(36)18-6-10-20(11-7-18)33-27(34)23-22(24-26(32-30(37)41-24)40-25(23)28(33)35)17-8-12-21(13-9-17)39-15-16-4-3-5-19(31)14-16/h3-14,22-23,25H,2,15H2,1H3,(H,32,37)/t22-,23?,25?/m1/s1. The molecule has 0 spiro atoms. The molecule has 2 unspecified atom stereocenters. The molecule has 0 aliphatic carbocycles. The minimum Gasteiger partial charge on any atom is -0.489 e. The van der Waals surface area contributed by atoms with Crippen molar-refractivity contribution in [1.29, 1.82) is 0 Å². The highest BCUT2D eigenvalue weighted by atomic mass is 35.5. The van der Waals surface area contributed by atoms with Crippen molar-refractivity contribution in [2.24, 2.45) is 5.92 Å². The number of H-pyrrole nitrogens is 1. The fourth-order valence-electron chi connectivity index (χ4n) is 5.16. The number of rotatable bonds is 7. The maximum atomic E-state index is 13.9. The van der Waals surface area contributed by atoms with Crippen molar-refractivity contribution in [1.82, 2.24) is 4.98 Å². The first kappa shape index (κ1) is 27.3. The molecule has 8 nitrogen and oxygen atoms in total. The number of fused-ring (bicyclic) bond motifs is 2. The van der Waals surface area contributed by atoms with Crippen LogP contribution in [-0.4, -0.2) is 34.6 Å². The van der Waals surface area contributed by atoms with Gasteiger partial charge in [0.15, 0.2) is 0 Å². The van der Waals surface area contributed by atoms with E-state index in [1.54, 1.807) is 25.1 Å². The third-order valence-electron chi connectivity index (χ3n) is 6.99. The molecular formula is C30H23ClN2O6S2. The number of nitrogens with one attached hydrogen (secondary N) is 1. The van der Waals surface area contributed by atoms with Gasteiger partial charge in [-0.2, -0.15) is 0 Å². The van der Waals surface area contributed by atoms with Crippen molar-refractivity contribution in [2.75, 3.05) is 11.5 Å². The highest BCUT2D eigenvalue weighted by Gasteiger charge is 2.56. The van der Waals surface area contributed by atoms with E-state index in [9.17, 15) is 19.2 Å². The molecule has 0 bridgehead atoms. The minimum absolute atomic E-state index is 0.236. The summed E-state index contributed by atoms with van der Waals surface area (Å²) < 4.78 is 11.0. The molecule has 0 radical (unpaired) electrons. The largest absolute Gasteiger partial charge is 0.489 e. The summed E-state index contributed by atoms with van der Waals surface area (Å²) in [5.74, 6) is -1.77. The van der Waals surface area contributed by atoms with Gasteiger partial charge in [-0.25, -0.2) is 9.69 Å². The number of aromatic amines is 1. The normalized spacial score (nSPS) is 19.6. The van der Waals surface area contributed by atoms with Crippen molar-refractivity contribution < 1.29 is 23.9 Å². The molecule has 3 aromatic carbocycles. The van der Waals surface area contributed by atoms with Crippen LogP contribution in [0, 0.1) is 5.92 Å². The maximum Gasteiger partial charge on any atom is 0.338 e. The summed E-state index contributed by atoms with van der Waals surface area (Å²) in [6.07, 6.45) is 0. The van der Waals surface area contributed by atoms with Crippen LogP contribution in [0.4, 0.5) is 5.69 Å². The van der Waals surface area contributed by atoms with Crippen LogP contribution in [0.5, 0.6) is 5.75 Å². The predicted molar refractivity (Wildman–Crippen MR) is 157 cm³/mol. The Labute approximate surface area is 248 Å². The van der Waals surface area contributed by atoms with E-state index in [1.165, 1.54) is 28.8 Å². The number of anilines is 1. The molecule has 6 rings (SSSR count). The van der Waals surface area contributed by atoms with E-state index in [1.807, 2.05) is 42.5 Å². The van der Waals surface area contributed by atoms with Gasteiger partial charge in [0.2, 0.25) is 11.8 Å². The first-order valence-electron chi connectivity index (χ1n) is 12.9. The lowest BCUT2D eigenvalue weighted by Crippen LogP contribution is -2.32. The molecule has 3 heterocycles. The molecule has 1 fully saturated rings. The van der Waals surface area contributed by atoms with Crippen LogP contribution in [0.3, 0.4) is 0 Å². The number of benzene rings is 3. The van der Waals surface area contributed by atoms with Gasteiger partial charge in [-0.3, -0.25) is 14.4 Å². The number of amides is 2. The lowest BCUT2D eigenvalue weighted by Gasteiger charge is -2.29. The van der Waals surface area contributed by atoms with Crippen LogP contribution < -0.4 is 14.5 Å². The molecule has 2 aliphatic rings. The lowest BCUT2D eigenvalue weighted by molar-refractivity contribution is -0.122. The van der Waals surface area contributed by atoms with Crippen molar-refractivity contribution in [3.05, 3.63) is 109 Å². The number of esters is 1. The summed E-state index contributed by atoms with van der Waals surface area (Å²) in [6, 6.07) is 21.0. The number of nitrogens with zero attached hydrogens (tertiary/aromatic N) is 1. The molecule has 1 saturated heterocycles. The molecule has 2 aliphatic heterocycles. The van der Waals surface area contributed by atoms with Crippen LogP contribution >= 0.6 is 34.7 Å². The van der Waals surface area contributed by atoms with Crippen LogP contribution in [0.1, 0.15) is 39.2 Å². The van der Waals surface area contributed by atoms with Gasteiger partial charge in [-0.1, -0.05) is 59.0 Å². The average molecular weight is 607 g/mol. The van der Waals surface area contributed by atoms with Crippen molar-refractivity contribution >= 4 is 58.2 Å². The molecule has 11 heteroatoms. The van der Waals surface area contributed by atoms with Gasteiger partial charge in [0.05, 0.1) is 28.8 Å². The number of aromatic nitrogens is 1. The van der Waals surface area contributed by atoms with E-state index in [-0.39, 0.29) is 23.3 Å². The second-order valence-electron chi connectivity index (χ2n) is 9.52. The van der Waals surface area contributed by atoms with Crippen molar-refractivity contribution in [3.63, 3.8) is 0 Å². The number of thioether (sulfide) groups is 1. The molecule has 1 N–H and O–H groups in total. The summed E-state index contributed by atoms with van der Waals surface area (Å²) >= 11 is 8.34. The Morgan fingerprint density at radius 1 is 1.00 bits per heavy atom. The molecular weight excluding hydrogens is 584 g/mol. The van der Waals surface area contributed by atoms with Crippen LogP contribution in [0.25, 0.3) is 0 Å². The molecule has 4 aromatic rings. The maximum absolute atomic E-state index is 13.9. The van der Waals surface area contributed by atoms with Gasteiger partial charge >= 0.3 is 10.8 Å². The Balaban J connectivity index is 1.29. The number of hydrogen-bond acceptors (Lipinski definition) is 8. The number of thiazole rings is 1. The van der Waals surface area contributed by atoms with Gasteiger partial charge < -0.3 is 14.5 Å². The summed E-state index contributed by atoms with van der Waals surface area (Å²) in [4.78, 5) is 56.5. The molecule has 2 amide bonds. The highest BCUT2D eigenvalue weighted by Crippen LogP contribution is 2.53. The third-order valence-corrected chi connectivity index (χ3v) is 9.63. The fourth-order valence-corrected chi connectivity index (χ4v) is 7.88. The minimum atomic E-state index is -0.714. The Hall–Kier alpha value is -3.86. The lowest BCUT2D eigenvalue weighted by atomic mass is 9.83. The SMILES string of the molecule is CCOC(=O)c1ccc(N2C(=O)C3Sc4[nH]c(=O)sc4[C@H](c4ccc(OCc5cccc(Cl)c5)cc4)C3C2=O)cc1. The number of carbonyl (C=O) groups excluding carboxylic acids is 3. The Morgan fingerprint density at radius 3 is 2.46 bits per heavy atom. The fraction of sp³-hybridized carbons (Fsp3) is 0.200. The number of hydrogen-bond donors (Lipinski definition) is 1. The number of carbonyl (C=O) groups is 3. The summed E-state index contributed by atoms with van der Waals surface area (Å²) in [5.41, 5.74) is 2.44. The first-order valence-corrected chi connectivity index (χ1v) is 14.9.